The van der Waals surface area contributed by atoms with Crippen molar-refractivity contribution in [2.24, 2.45) is 5.92 Å². The largest absolute Gasteiger partial charge is 0.342 e. The molecule has 2 rings (SSSR count). The van der Waals surface area contributed by atoms with Crippen molar-refractivity contribution in [2.45, 2.75) is 26.2 Å². The summed E-state index contributed by atoms with van der Waals surface area (Å²) in [4.78, 5) is 18.6. The van der Waals surface area contributed by atoms with Crippen molar-refractivity contribution < 1.29 is 4.79 Å². The average Bonchev–Trinajstić information content (AvgIpc) is 2.75. The summed E-state index contributed by atoms with van der Waals surface area (Å²) in [5.74, 6) is 0.825. The zero-order valence-corrected chi connectivity index (χ0v) is 11.9. The van der Waals surface area contributed by atoms with Crippen LogP contribution in [0.4, 0.5) is 0 Å². The van der Waals surface area contributed by atoms with E-state index in [2.05, 4.69) is 10.3 Å². The molecule has 1 atom stereocenters. The Morgan fingerprint density at radius 3 is 3.17 bits per heavy atom. The van der Waals surface area contributed by atoms with E-state index in [9.17, 15) is 4.79 Å². The minimum absolute atomic E-state index is 0.223. The zero-order valence-electron chi connectivity index (χ0n) is 11.1. The number of nitrogens with zero attached hydrogens (tertiary/aromatic N) is 2. The van der Waals surface area contributed by atoms with Crippen LogP contribution in [0.15, 0.2) is 5.38 Å². The number of hydrogen-bond acceptors (Lipinski definition) is 4. The van der Waals surface area contributed by atoms with Gasteiger partial charge < -0.3 is 10.2 Å². The highest BCUT2D eigenvalue weighted by molar-refractivity contribution is 7.09. The molecule has 1 aromatic heterocycles. The molecule has 0 aliphatic carbocycles. The van der Waals surface area contributed by atoms with Gasteiger partial charge in [0, 0.05) is 18.5 Å². The van der Waals surface area contributed by atoms with E-state index in [1.165, 1.54) is 6.42 Å². The number of carbonyl (C=O) groups is 1. The van der Waals surface area contributed by atoms with Crippen LogP contribution in [-0.2, 0) is 11.2 Å². The first kappa shape index (κ1) is 13.5. The van der Waals surface area contributed by atoms with Gasteiger partial charge in [0.05, 0.1) is 17.1 Å². The number of rotatable bonds is 4. The third-order valence-corrected chi connectivity index (χ3v) is 4.19. The van der Waals surface area contributed by atoms with Crippen molar-refractivity contribution in [1.29, 1.82) is 0 Å². The van der Waals surface area contributed by atoms with Gasteiger partial charge in [0.15, 0.2) is 0 Å². The summed E-state index contributed by atoms with van der Waals surface area (Å²) in [7, 11) is 1.97. The van der Waals surface area contributed by atoms with Gasteiger partial charge in [-0.3, -0.25) is 4.79 Å². The molecule has 0 unspecified atom stereocenters. The Morgan fingerprint density at radius 2 is 2.50 bits per heavy atom. The van der Waals surface area contributed by atoms with Crippen molar-refractivity contribution in [3.63, 3.8) is 0 Å². The van der Waals surface area contributed by atoms with E-state index in [0.717, 1.165) is 36.8 Å². The molecule has 0 aromatic carbocycles. The minimum Gasteiger partial charge on any atom is -0.342 e. The molecule has 1 aliphatic heterocycles. The third kappa shape index (κ3) is 3.53. The van der Waals surface area contributed by atoms with E-state index in [4.69, 9.17) is 0 Å². The van der Waals surface area contributed by atoms with Gasteiger partial charge in [0.1, 0.15) is 0 Å². The van der Waals surface area contributed by atoms with Crippen molar-refractivity contribution in [3.05, 3.63) is 16.1 Å². The molecule has 1 aromatic rings. The molecule has 4 nitrogen and oxygen atoms in total. The molecule has 5 heteroatoms. The van der Waals surface area contributed by atoms with Crippen LogP contribution in [0.5, 0.6) is 0 Å². The Balaban J connectivity index is 1.88. The Kier molecular flexibility index (Phi) is 4.72. The first-order chi connectivity index (χ1) is 8.69. The smallest absolute Gasteiger partial charge is 0.228 e. The van der Waals surface area contributed by atoms with E-state index < -0.39 is 0 Å². The monoisotopic (exact) mass is 267 g/mol. The molecule has 1 fully saturated rings. The lowest BCUT2D eigenvalue weighted by molar-refractivity contribution is -0.132. The molecule has 1 saturated heterocycles. The minimum atomic E-state index is 0.223. The lowest BCUT2D eigenvalue weighted by atomic mass is 9.98. The van der Waals surface area contributed by atoms with Crippen molar-refractivity contribution in [1.82, 2.24) is 15.2 Å². The number of hydrogen-bond donors (Lipinski definition) is 1. The number of piperidine rings is 1. The molecule has 0 radical (unpaired) electrons. The van der Waals surface area contributed by atoms with Gasteiger partial charge >= 0.3 is 0 Å². The Labute approximate surface area is 112 Å². The first-order valence-electron chi connectivity index (χ1n) is 6.52. The topological polar surface area (TPSA) is 45.2 Å². The van der Waals surface area contributed by atoms with Crippen LogP contribution in [0, 0.1) is 12.8 Å². The Morgan fingerprint density at radius 1 is 1.67 bits per heavy atom. The number of likely N-dealkylation sites (tertiary alicyclic amines) is 1. The quantitative estimate of drug-likeness (QED) is 0.898. The Hall–Kier alpha value is -0.940. The standard InChI is InChI=1S/C13H21N3OS/c1-10-15-12(9-18-10)6-13(17)16-5-3-4-11(8-16)7-14-2/h9,11,14H,3-8H2,1-2H3/t11-/m1/s1. The van der Waals surface area contributed by atoms with E-state index in [0.29, 0.717) is 12.3 Å². The van der Waals surface area contributed by atoms with Crippen molar-refractivity contribution in [2.75, 3.05) is 26.7 Å². The molecule has 2 heterocycles. The van der Waals surface area contributed by atoms with Gasteiger partial charge in [-0.25, -0.2) is 4.98 Å². The molecule has 0 saturated carbocycles. The van der Waals surface area contributed by atoms with E-state index in [-0.39, 0.29) is 5.91 Å². The van der Waals surface area contributed by atoms with Gasteiger partial charge in [0.25, 0.3) is 0 Å². The highest BCUT2D eigenvalue weighted by Gasteiger charge is 2.23. The molecular weight excluding hydrogens is 246 g/mol. The maximum absolute atomic E-state index is 12.2. The van der Waals surface area contributed by atoms with Crippen LogP contribution in [0.25, 0.3) is 0 Å². The van der Waals surface area contributed by atoms with E-state index in [1.54, 1.807) is 11.3 Å². The number of nitrogens with one attached hydrogen (secondary N) is 1. The van der Waals surface area contributed by atoms with Gasteiger partial charge in [-0.1, -0.05) is 0 Å². The number of aryl methyl sites for hydroxylation is 1. The second kappa shape index (κ2) is 6.29. The van der Waals surface area contributed by atoms with Gasteiger partial charge in [-0.2, -0.15) is 0 Å². The lowest BCUT2D eigenvalue weighted by Gasteiger charge is -2.32. The van der Waals surface area contributed by atoms with Crippen LogP contribution in [0.3, 0.4) is 0 Å². The summed E-state index contributed by atoms with van der Waals surface area (Å²) in [6.45, 7) is 4.77. The molecular formula is C13H21N3OS. The highest BCUT2D eigenvalue weighted by Crippen LogP contribution is 2.17. The number of amides is 1. The predicted octanol–water partition coefficient (Wildman–Crippen LogP) is 1.45. The second-order valence-corrected chi connectivity index (χ2v) is 6.00. The summed E-state index contributed by atoms with van der Waals surface area (Å²) in [6, 6.07) is 0. The maximum atomic E-state index is 12.2. The summed E-state index contributed by atoms with van der Waals surface area (Å²) in [6.07, 6.45) is 2.80. The number of thiazole rings is 1. The fraction of sp³-hybridized carbons (Fsp3) is 0.692. The molecule has 0 bridgehead atoms. The summed E-state index contributed by atoms with van der Waals surface area (Å²) >= 11 is 1.61. The van der Waals surface area contributed by atoms with Crippen LogP contribution >= 0.6 is 11.3 Å². The van der Waals surface area contributed by atoms with E-state index >= 15 is 0 Å². The third-order valence-electron chi connectivity index (χ3n) is 3.36. The molecule has 1 aliphatic rings. The lowest BCUT2D eigenvalue weighted by Crippen LogP contribution is -2.43. The summed E-state index contributed by atoms with van der Waals surface area (Å²) in [5, 5.41) is 6.22. The van der Waals surface area contributed by atoms with Crippen LogP contribution in [-0.4, -0.2) is 42.5 Å². The van der Waals surface area contributed by atoms with Gasteiger partial charge in [-0.15, -0.1) is 11.3 Å². The zero-order chi connectivity index (χ0) is 13.0. The normalized spacial score (nSPS) is 20.1. The van der Waals surface area contributed by atoms with Crippen LogP contribution in [0.1, 0.15) is 23.5 Å². The highest BCUT2D eigenvalue weighted by atomic mass is 32.1. The average molecular weight is 267 g/mol. The molecule has 1 N–H and O–H groups in total. The Bertz CT molecular complexity index is 403. The molecule has 0 spiro atoms. The SMILES string of the molecule is CNC[C@H]1CCCN(C(=O)Cc2csc(C)n2)C1. The number of aromatic nitrogens is 1. The van der Waals surface area contributed by atoms with Gasteiger partial charge in [-0.05, 0) is 39.3 Å². The van der Waals surface area contributed by atoms with Crippen LogP contribution < -0.4 is 5.32 Å². The maximum Gasteiger partial charge on any atom is 0.228 e. The first-order valence-corrected chi connectivity index (χ1v) is 7.40. The predicted molar refractivity (Wildman–Crippen MR) is 73.8 cm³/mol. The fourth-order valence-electron chi connectivity index (χ4n) is 2.50. The second-order valence-electron chi connectivity index (χ2n) is 4.94. The van der Waals surface area contributed by atoms with Crippen molar-refractivity contribution >= 4 is 17.2 Å². The van der Waals surface area contributed by atoms with E-state index in [1.807, 2.05) is 24.3 Å². The van der Waals surface area contributed by atoms with Crippen LogP contribution in [0.2, 0.25) is 0 Å². The molecule has 18 heavy (non-hydrogen) atoms. The summed E-state index contributed by atoms with van der Waals surface area (Å²) < 4.78 is 0. The van der Waals surface area contributed by atoms with Crippen molar-refractivity contribution in [3.8, 4) is 0 Å². The summed E-state index contributed by atoms with van der Waals surface area (Å²) in [5.41, 5.74) is 0.915. The van der Waals surface area contributed by atoms with Gasteiger partial charge in [0.2, 0.25) is 5.91 Å². The fourth-order valence-corrected chi connectivity index (χ4v) is 3.12. The molecule has 100 valence electrons. The number of carbonyl (C=O) groups excluding carboxylic acids is 1. The molecule has 1 amide bonds.